The molecule has 0 radical (unpaired) electrons. The monoisotopic (exact) mass is 471 g/mol. The van der Waals surface area contributed by atoms with E-state index in [9.17, 15) is 0 Å². The van der Waals surface area contributed by atoms with Crippen molar-refractivity contribution < 1.29 is 4.74 Å². The van der Waals surface area contributed by atoms with Crippen LogP contribution < -0.4 is 0 Å². The van der Waals surface area contributed by atoms with Crippen molar-refractivity contribution >= 4 is 34.8 Å². The van der Waals surface area contributed by atoms with Gasteiger partial charge in [0.15, 0.2) is 0 Å². The van der Waals surface area contributed by atoms with Gasteiger partial charge in [-0.1, -0.05) is 77.3 Å². The fourth-order valence-electron chi connectivity index (χ4n) is 4.97. The number of rotatable bonds is 4. The molecule has 2 nitrogen and oxygen atoms in total. The summed E-state index contributed by atoms with van der Waals surface area (Å²) in [6.45, 7) is 3.01. The van der Waals surface area contributed by atoms with Gasteiger partial charge in [-0.3, -0.25) is 0 Å². The normalized spacial score (nSPS) is 20.2. The van der Waals surface area contributed by atoms with Gasteiger partial charge in [0.1, 0.15) is 6.10 Å². The second-order valence-corrected chi connectivity index (χ2v) is 9.75. The lowest BCUT2D eigenvalue weighted by molar-refractivity contribution is -0.0966. The highest BCUT2D eigenvalue weighted by molar-refractivity contribution is 6.34. The molecule has 1 spiro atoms. The molecule has 1 atom stereocenters. The number of nitrogens with zero attached hydrogens (tertiary/aromatic N) is 1. The molecular formula is C26H24Cl3NO. The van der Waals surface area contributed by atoms with Gasteiger partial charge >= 0.3 is 0 Å². The van der Waals surface area contributed by atoms with E-state index in [0.29, 0.717) is 10.0 Å². The van der Waals surface area contributed by atoms with Crippen LogP contribution in [0.3, 0.4) is 0 Å². The third kappa shape index (κ3) is 4.25. The predicted molar refractivity (Wildman–Crippen MR) is 128 cm³/mol. The number of fused-ring (bicyclic) bond motifs is 2. The first-order chi connectivity index (χ1) is 15.0. The van der Waals surface area contributed by atoms with Gasteiger partial charge < -0.3 is 9.64 Å². The molecular weight excluding hydrogens is 449 g/mol. The Morgan fingerprint density at radius 2 is 1.55 bits per heavy atom. The lowest BCUT2D eigenvalue weighted by atomic mass is 9.83. The summed E-state index contributed by atoms with van der Waals surface area (Å²) in [5.74, 6) is 0. The zero-order chi connectivity index (χ0) is 21.4. The smallest absolute Gasteiger partial charge is 0.109 e. The standard InChI is InChI=1S/C26H24Cl3NO/c27-20-15-19(16-21(28)17-20)25-22-6-2-3-7-23(22)26(31-25)10-13-30(14-11-26)12-9-18-5-1-4-8-24(18)29/h1-8,15-17,25H,9-14H2. The maximum Gasteiger partial charge on any atom is 0.109 e. The molecule has 3 aromatic carbocycles. The molecule has 0 N–H and O–H groups in total. The van der Waals surface area contributed by atoms with Crippen LogP contribution in [0.25, 0.3) is 0 Å². The maximum absolute atomic E-state index is 6.82. The fourth-order valence-corrected chi connectivity index (χ4v) is 5.75. The van der Waals surface area contributed by atoms with Crippen LogP contribution in [0.1, 0.15) is 41.2 Å². The van der Waals surface area contributed by atoms with Crippen molar-refractivity contribution in [2.75, 3.05) is 19.6 Å². The molecule has 2 aliphatic heterocycles. The van der Waals surface area contributed by atoms with Crippen molar-refractivity contribution in [3.05, 3.63) is 104 Å². The van der Waals surface area contributed by atoms with Crippen LogP contribution in [-0.2, 0) is 16.8 Å². The van der Waals surface area contributed by atoms with Crippen LogP contribution in [0.5, 0.6) is 0 Å². The van der Waals surface area contributed by atoms with Crippen LogP contribution in [0, 0.1) is 0 Å². The van der Waals surface area contributed by atoms with E-state index in [1.807, 2.05) is 24.3 Å². The quantitative estimate of drug-likeness (QED) is 0.395. The van der Waals surface area contributed by atoms with Gasteiger partial charge in [0, 0.05) is 34.7 Å². The molecule has 0 aromatic heterocycles. The Bertz CT molecular complexity index is 1070. The zero-order valence-corrected chi connectivity index (χ0v) is 19.4. The van der Waals surface area contributed by atoms with E-state index < -0.39 is 0 Å². The third-order valence-corrected chi connectivity index (χ3v) is 7.39. The van der Waals surface area contributed by atoms with Crippen molar-refractivity contribution in [3.8, 4) is 0 Å². The largest absolute Gasteiger partial charge is 0.358 e. The topological polar surface area (TPSA) is 12.5 Å². The van der Waals surface area contributed by atoms with Crippen molar-refractivity contribution in [1.82, 2.24) is 4.90 Å². The highest BCUT2D eigenvalue weighted by Crippen LogP contribution is 2.51. The first-order valence-electron chi connectivity index (χ1n) is 10.7. The number of likely N-dealkylation sites (tertiary alicyclic amines) is 1. The van der Waals surface area contributed by atoms with Crippen LogP contribution >= 0.6 is 34.8 Å². The van der Waals surface area contributed by atoms with E-state index >= 15 is 0 Å². The second kappa shape index (κ2) is 8.77. The number of halogens is 3. The molecule has 0 saturated carbocycles. The lowest BCUT2D eigenvalue weighted by Gasteiger charge is -2.40. The van der Waals surface area contributed by atoms with Gasteiger partial charge in [-0.2, -0.15) is 0 Å². The minimum atomic E-state index is -0.253. The Balaban J connectivity index is 1.33. The van der Waals surface area contributed by atoms with Crippen molar-refractivity contribution in [3.63, 3.8) is 0 Å². The Morgan fingerprint density at radius 1 is 0.871 bits per heavy atom. The summed E-state index contributed by atoms with van der Waals surface area (Å²) in [5, 5.41) is 2.13. The van der Waals surface area contributed by atoms with Gasteiger partial charge in [0.2, 0.25) is 0 Å². The summed E-state index contributed by atoms with van der Waals surface area (Å²) in [4.78, 5) is 2.52. The average Bonchev–Trinajstić information content (AvgIpc) is 3.08. The van der Waals surface area contributed by atoms with Gasteiger partial charge in [-0.15, -0.1) is 0 Å². The predicted octanol–water partition coefficient (Wildman–Crippen LogP) is 7.30. The second-order valence-electron chi connectivity index (χ2n) is 8.47. The number of hydrogen-bond acceptors (Lipinski definition) is 2. The molecule has 1 unspecified atom stereocenters. The van der Waals surface area contributed by atoms with Crippen LogP contribution in [0.2, 0.25) is 15.1 Å². The molecule has 1 saturated heterocycles. The van der Waals surface area contributed by atoms with E-state index in [-0.39, 0.29) is 11.7 Å². The summed E-state index contributed by atoms with van der Waals surface area (Å²) in [5.41, 5.74) is 4.51. The number of piperidine rings is 1. The SMILES string of the molecule is Clc1cc(Cl)cc(C2OC3(CCN(CCc4ccccc4Cl)CC3)c3ccccc32)c1. The fraction of sp³-hybridized carbons (Fsp3) is 0.308. The number of hydrogen-bond donors (Lipinski definition) is 0. The maximum atomic E-state index is 6.82. The first kappa shape index (κ1) is 21.3. The highest BCUT2D eigenvalue weighted by atomic mass is 35.5. The highest BCUT2D eigenvalue weighted by Gasteiger charge is 2.46. The first-order valence-corrected chi connectivity index (χ1v) is 11.9. The molecule has 1 fully saturated rings. The van der Waals surface area contributed by atoms with Crippen molar-refractivity contribution in [2.24, 2.45) is 0 Å². The van der Waals surface area contributed by atoms with E-state index in [2.05, 4.69) is 41.3 Å². The Labute approximate surface area is 198 Å². The number of ether oxygens (including phenoxy) is 1. The van der Waals surface area contributed by atoms with Gasteiger partial charge in [0.05, 0.1) is 5.60 Å². The summed E-state index contributed by atoms with van der Waals surface area (Å²) in [6, 6.07) is 22.4. The van der Waals surface area contributed by atoms with E-state index in [1.54, 1.807) is 6.07 Å². The van der Waals surface area contributed by atoms with Gasteiger partial charge in [-0.05, 0) is 65.8 Å². The summed E-state index contributed by atoms with van der Waals surface area (Å²) >= 11 is 18.9. The summed E-state index contributed by atoms with van der Waals surface area (Å²) in [6.07, 6.45) is 2.77. The molecule has 2 heterocycles. The van der Waals surface area contributed by atoms with E-state index in [1.165, 1.54) is 16.7 Å². The van der Waals surface area contributed by atoms with E-state index in [0.717, 1.165) is 49.5 Å². The summed E-state index contributed by atoms with van der Waals surface area (Å²) in [7, 11) is 0. The third-order valence-electron chi connectivity index (χ3n) is 6.58. The zero-order valence-electron chi connectivity index (χ0n) is 17.2. The van der Waals surface area contributed by atoms with Crippen LogP contribution in [-0.4, -0.2) is 24.5 Å². The minimum absolute atomic E-state index is 0.137. The minimum Gasteiger partial charge on any atom is -0.358 e. The van der Waals surface area contributed by atoms with Crippen LogP contribution in [0.15, 0.2) is 66.7 Å². The lowest BCUT2D eigenvalue weighted by Crippen LogP contribution is -2.43. The Kier molecular flexibility index (Phi) is 6.02. The molecule has 5 rings (SSSR count). The Hall–Kier alpha value is -1.55. The van der Waals surface area contributed by atoms with Crippen LogP contribution in [0.4, 0.5) is 0 Å². The average molecular weight is 473 g/mol. The molecule has 3 aromatic rings. The summed E-state index contributed by atoms with van der Waals surface area (Å²) < 4.78 is 6.82. The van der Waals surface area contributed by atoms with Gasteiger partial charge in [0.25, 0.3) is 0 Å². The molecule has 160 valence electrons. The molecule has 5 heteroatoms. The molecule has 31 heavy (non-hydrogen) atoms. The molecule has 0 aliphatic carbocycles. The number of benzene rings is 3. The molecule has 0 amide bonds. The molecule has 0 bridgehead atoms. The van der Waals surface area contributed by atoms with Crippen molar-refractivity contribution in [2.45, 2.75) is 31.0 Å². The van der Waals surface area contributed by atoms with Gasteiger partial charge in [-0.25, -0.2) is 0 Å². The van der Waals surface area contributed by atoms with Crippen molar-refractivity contribution in [1.29, 1.82) is 0 Å². The Morgan fingerprint density at radius 3 is 2.29 bits per heavy atom. The van der Waals surface area contributed by atoms with E-state index in [4.69, 9.17) is 39.5 Å². The molecule has 2 aliphatic rings.